The van der Waals surface area contributed by atoms with Gasteiger partial charge in [0.25, 0.3) is 5.91 Å². The van der Waals surface area contributed by atoms with E-state index in [1.165, 1.54) is 4.90 Å². The van der Waals surface area contributed by atoms with Crippen LogP contribution in [0.4, 0.5) is 0 Å². The van der Waals surface area contributed by atoms with Crippen LogP contribution in [0.1, 0.15) is 61.5 Å². The van der Waals surface area contributed by atoms with Gasteiger partial charge in [0.15, 0.2) is 0 Å². The molecule has 1 aromatic carbocycles. The number of carbonyl (C=O) groups excluding carboxylic acids is 1. The molecule has 2 atom stereocenters. The summed E-state index contributed by atoms with van der Waals surface area (Å²) in [5.74, 6) is -0.172. The number of likely N-dealkylation sites (tertiary alicyclic amines) is 1. The third-order valence-corrected chi connectivity index (χ3v) is 5.16. The zero-order chi connectivity index (χ0) is 19.7. The Labute approximate surface area is 159 Å². The van der Waals surface area contributed by atoms with Crippen LogP contribution in [0, 0.1) is 12.8 Å². The van der Waals surface area contributed by atoms with Gasteiger partial charge in [0.05, 0.1) is 5.69 Å². The predicted molar refractivity (Wildman–Crippen MR) is 101 cm³/mol. The number of aromatic nitrogens is 3. The maximum atomic E-state index is 13.0. The molecule has 2 unspecified atom stereocenters. The molecule has 0 aliphatic carbocycles. The molecule has 2 aromatic rings. The highest BCUT2D eigenvalue weighted by molar-refractivity contribution is 5.93. The Bertz CT molecular complexity index is 859. The number of aryl methyl sites for hydroxylation is 1. The number of carboxylic acids is 1. The van der Waals surface area contributed by atoms with Crippen molar-refractivity contribution >= 4 is 11.9 Å². The van der Waals surface area contributed by atoms with Crippen molar-refractivity contribution in [2.24, 2.45) is 5.92 Å². The van der Waals surface area contributed by atoms with Crippen molar-refractivity contribution in [2.45, 2.75) is 52.5 Å². The molecule has 7 heteroatoms. The molecule has 0 spiro atoms. The smallest absolute Gasteiger partial charge is 0.326 e. The van der Waals surface area contributed by atoms with Crippen LogP contribution in [0.3, 0.4) is 0 Å². The first kappa shape index (κ1) is 19.1. The first-order valence-electron chi connectivity index (χ1n) is 9.36. The van der Waals surface area contributed by atoms with Gasteiger partial charge in [-0.25, -0.2) is 14.5 Å². The molecule has 1 aliphatic heterocycles. The van der Waals surface area contributed by atoms with Crippen molar-refractivity contribution < 1.29 is 14.7 Å². The maximum Gasteiger partial charge on any atom is 0.326 e. The SMILES string of the molecule is Cc1nc(C(=O)N2CCC(C)CC2C(=O)O)nn1-c1ccccc1C(C)C. The zero-order valence-electron chi connectivity index (χ0n) is 16.2. The number of hydrogen-bond donors (Lipinski definition) is 1. The van der Waals surface area contributed by atoms with Gasteiger partial charge in [-0.05, 0) is 43.2 Å². The average molecular weight is 370 g/mol. The third-order valence-electron chi connectivity index (χ3n) is 5.16. The van der Waals surface area contributed by atoms with Crippen molar-refractivity contribution in [3.05, 3.63) is 41.5 Å². The molecule has 7 nitrogen and oxygen atoms in total. The van der Waals surface area contributed by atoms with Crippen LogP contribution in [0.25, 0.3) is 5.69 Å². The molecule has 1 saturated heterocycles. The van der Waals surface area contributed by atoms with E-state index in [2.05, 4.69) is 23.9 Å². The molecule has 0 radical (unpaired) electrons. The van der Waals surface area contributed by atoms with Gasteiger partial charge in [0, 0.05) is 6.54 Å². The van der Waals surface area contributed by atoms with E-state index in [-0.39, 0.29) is 11.7 Å². The van der Waals surface area contributed by atoms with Crippen LogP contribution in [0.5, 0.6) is 0 Å². The second-order valence-corrected chi connectivity index (χ2v) is 7.59. The summed E-state index contributed by atoms with van der Waals surface area (Å²) in [5, 5.41) is 14.0. The Morgan fingerprint density at radius 2 is 1.96 bits per heavy atom. The summed E-state index contributed by atoms with van der Waals surface area (Å²) in [6.45, 7) is 8.42. The second-order valence-electron chi connectivity index (χ2n) is 7.59. The number of amides is 1. The lowest BCUT2D eigenvalue weighted by atomic mass is 9.92. The summed E-state index contributed by atoms with van der Waals surface area (Å²) in [6, 6.07) is 7.07. The molecule has 1 amide bonds. The predicted octanol–water partition coefficient (Wildman–Crippen LogP) is 3.02. The summed E-state index contributed by atoms with van der Waals surface area (Å²) in [6.07, 6.45) is 1.24. The molecule has 2 heterocycles. The van der Waals surface area contributed by atoms with Crippen LogP contribution in [-0.2, 0) is 4.79 Å². The lowest BCUT2D eigenvalue weighted by molar-refractivity contribution is -0.144. The number of hydrogen-bond acceptors (Lipinski definition) is 4. The van der Waals surface area contributed by atoms with Crippen molar-refractivity contribution in [1.29, 1.82) is 0 Å². The number of rotatable bonds is 4. The van der Waals surface area contributed by atoms with Gasteiger partial charge in [0.2, 0.25) is 5.82 Å². The Morgan fingerprint density at radius 3 is 2.63 bits per heavy atom. The number of carboxylic acid groups (broad SMARTS) is 1. The van der Waals surface area contributed by atoms with E-state index in [9.17, 15) is 14.7 Å². The van der Waals surface area contributed by atoms with E-state index in [0.29, 0.717) is 24.7 Å². The van der Waals surface area contributed by atoms with E-state index < -0.39 is 17.9 Å². The molecule has 0 bridgehead atoms. The summed E-state index contributed by atoms with van der Waals surface area (Å²) in [7, 11) is 0. The quantitative estimate of drug-likeness (QED) is 0.894. The first-order valence-corrected chi connectivity index (χ1v) is 9.36. The fourth-order valence-electron chi connectivity index (χ4n) is 3.62. The lowest BCUT2D eigenvalue weighted by Crippen LogP contribution is -2.50. The zero-order valence-corrected chi connectivity index (χ0v) is 16.2. The molecule has 3 rings (SSSR count). The van der Waals surface area contributed by atoms with Crippen LogP contribution in [0.2, 0.25) is 0 Å². The number of benzene rings is 1. The topological polar surface area (TPSA) is 88.3 Å². The molecule has 144 valence electrons. The highest BCUT2D eigenvalue weighted by atomic mass is 16.4. The molecular weight excluding hydrogens is 344 g/mol. The number of aliphatic carboxylic acids is 1. The Kier molecular flexibility index (Phi) is 5.30. The van der Waals surface area contributed by atoms with E-state index in [0.717, 1.165) is 17.7 Å². The van der Waals surface area contributed by atoms with Gasteiger partial charge in [-0.2, -0.15) is 0 Å². The fourth-order valence-corrected chi connectivity index (χ4v) is 3.62. The van der Waals surface area contributed by atoms with Gasteiger partial charge in [0.1, 0.15) is 11.9 Å². The van der Waals surface area contributed by atoms with Crippen molar-refractivity contribution in [2.75, 3.05) is 6.54 Å². The van der Waals surface area contributed by atoms with Gasteiger partial charge in [-0.1, -0.05) is 39.0 Å². The summed E-state index contributed by atoms with van der Waals surface area (Å²) in [5.41, 5.74) is 2.00. The maximum absolute atomic E-state index is 13.0. The number of piperidine rings is 1. The molecular formula is C20H26N4O3. The molecule has 27 heavy (non-hydrogen) atoms. The van der Waals surface area contributed by atoms with Gasteiger partial charge in [-0.3, -0.25) is 4.79 Å². The number of para-hydroxylation sites is 1. The van der Waals surface area contributed by atoms with E-state index in [1.54, 1.807) is 11.6 Å². The molecule has 1 aromatic heterocycles. The Balaban J connectivity index is 1.95. The monoisotopic (exact) mass is 370 g/mol. The Hall–Kier alpha value is -2.70. The first-order chi connectivity index (χ1) is 12.8. The number of carbonyl (C=O) groups is 2. The lowest BCUT2D eigenvalue weighted by Gasteiger charge is -2.35. The van der Waals surface area contributed by atoms with Crippen molar-refractivity contribution in [3.8, 4) is 5.69 Å². The fraction of sp³-hybridized carbons (Fsp3) is 0.500. The van der Waals surface area contributed by atoms with Crippen molar-refractivity contribution in [3.63, 3.8) is 0 Å². The van der Waals surface area contributed by atoms with Gasteiger partial charge < -0.3 is 10.0 Å². The number of nitrogens with zero attached hydrogens (tertiary/aromatic N) is 4. The summed E-state index contributed by atoms with van der Waals surface area (Å²) >= 11 is 0. The minimum atomic E-state index is -0.976. The van der Waals surface area contributed by atoms with Crippen LogP contribution in [0.15, 0.2) is 24.3 Å². The second kappa shape index (κ2) is 7.50. The largest absolute Gasteiger partial charge is 0.480 e. The van der Waals surface area contributed by atoms with Crippen molar-refractivity contribution in [1.82, 2.24) is 19.7 Å². The van der Waals surface area contributed by atoms with Crippen LogP contribution >= 0.6 is 0 Å². The summed E-state index contributed by atoms with van der Waals surface area (Å²) < 4.78 is 1.67. The molecule has 1 N–H and O–H groups in total. The normalized spacial score (nSPS) is 20.1. The van der Waals surface area contributed by atoms with Crippen LogP contribution < -0.4 is 0 Å². The Morgan fingerprint density at radius 1 is 1.26 bits per heavy atom. The minimum Gasteiger partial charge on any atom is -0.480 e. The molecule has 0 saturated carbocycles. The highest BCUT2D eigenvalue weighted by Crippen LogP contribution is 2.26. The van der Waals surface area contributed by atoms with Gasteiger partial charge >= 0.3 is 5.97 Å². The molecule has 1 aliphatic rings. The van der Waals surface area contributed by atoms with Crippen LogP contribution in [-0.4, -0.2) is 49.2 Å². The molecule has 1 fully saturated rings. The summed E-state index contributed by atoms with van der Waals surface area (Å²) in [4.78, 5) is 30.3. The third kappa shape index (κ3) is 3.72. The van der Waals surface area contributed by atoms with Gasteiger partial charge in [-0.15, -0.1) is 5.10 Å². The standard InChI is InChI=1S/C20H26N4O3/c1-12(2)15-7-5-6-8-16(15)24-14(4)21-18(22-24)19(25)23-10-9-13(3)11-17(23)20(26)27/h5-8,12-13,17H,9-11H2,1-4H3,(H,26,27). The highest BCUT2D eigenvalue weighted by Gasteiger charge is 2.36. The van der Waals surface area contributed by atoms with E-state index in [1.807, 2.05) is 31.2 Å². The van der Waals surface area contributed by atoms with E-state index in [4.69, 9.17) is 0 Å². The average Bonchev–Trinajstić information content (AvgIpc) is 3.02. The van der Waals surface area contributed by atoms with E-state index >= 15 is 0 Å². The minimum absolute atomic E-state index is 0.0480.